The second-order valence-electron chi connectivity index (χ2n) is 7.00. The Morgan fingerprint density at radius 1 is 1.17 bits per heavy atom. The third-order valence-corrected chi connectivity index (χ3v) is 6.60. The Morgan fingerprint density at radius 2 is 1.71 bits per heavy atom. The van der Waals surface area contributed by atoms with Crippen molar-refractivity contribution >= 4 is 27.5 Å². The highest BCUT2D eigenvalue weighted by Gasteiger charge is 2.35. The van der Waals surface area contributed by atoms with Crippen LogP contribution in [0, 0.1) is 5.41 Å². The molecular weight excluding hydrogens is 350 g/mol. The molecule has 2 rings (SSSR count). The highest BCUT2D eigenvalue weighted by Crippen LogP contribution is 2.25. The molecule has 0 bridgehead atoms. The van der Waals surface area contributed by atoms with E-state index >= 15 is 0 Å². The second kappa shape index (κ2) is 7.00. The maximum absolute atomic E-state index is 12.7. The minimum absolute atomic E-state index is 0.0952. The van der Waals surface area contributed by atoms with E-state index in [0.29, 0.717) is 13.1 Å². The van der Waals surface area contributed by atoms with Gasteiger partial charge in [0.25, 0.3) is 0 Å². The number of carbonyl (C=O) groups is 1. The van der Waals surface area contributed by atoms with Gasteiger partial charge in [0.05, 0.1) is 11.1 Å². The number of hydrogen-bond donors (Lipinski definition) is 1. The maximum Gasteiger partial charge on any atom is 0.244 e. The summed E-state index contributed by atoms with van der Waals surface area (Å²) in [6, 6.07) is 5.76. The SMILES string of the molecule is CC(C)(C)[C@H](N)C(=O)N1CCN(S(=O)(=O)c2ccccc2Cl)CC1. The quantitative estimate of drug-likeness (QED) is 0.871. The molecule has 6 nitrogen and oxygen atoms in total. The molecule has 1 amide bonds. The summed E-state index contributed by atoms with van der Waals surface area (Å²) in [6.45, 7) is 6.85. The number of nitrogens with zero attached hydrogens (tertiary/aromatic N) is 2. The van der Waals surface area contributed by atoms with E-state index in [1.807, 2.05) is 20.8 Å². The summed E-state index contributed by atoms with van der Waals surface area (Å²) in [6.07, 6.45) is 0. The first kappa shape index (κ1) is 19.2. The fourth-order valence-corrected chi connectivity index (χ4v) is 4.42. The fraction of sp³-hybridized carbons (Fsp3) is 0.562. The molecule has 1 saturated heterocycles. The van der Waals surface area contributed by atoms with Crippen LogP contribution in [0.5, 0.6) is 0 Å². The first-order chi connectivity index (χ1) is 11.0. The average Bonchev–Trinajstić information content (AvgIpc) is 2.53. The van der Waals surface area contributed by atoms with Crippen molar-refractivity contribution in [2.24, 2.45) is 11.1 Å². The van der Waals surface area contributed by atoms with Crippen LogP contribution >= 0.6 is 11.6 Å². The molecule has 134 valence electrons. The van der Waals surface area contributed by atoms with Crippen molar-refractivity contribution in [1.29, 1.82) is 0 Å². The fourth-order valence-electron chi connectivity index (χ4n) is 2.51. The van der Waals surface area contributed by atoms with Crippen molar-refractivity contribution in [2.75, 3.05) is 26.2 Å². The van der Waals surface area contributed by atoms with Gasteiger partial charge in [-0.05, 0) is 17.5 Å². The van der Waals surface area contributed by atoms with Crippen molar-refractivity contribution < 1.29 is 13.2 Å². The van der Waals surface area contributed by atoms with E-state index in [-0.39, 0.29) is 34.3 Å². The number of hydrogen-bond acceptors (Lipinski definition) is 4. The number of piperazine rings is 1. The van der Waals surface area contributed by atoms with Crippen LogP contribution in [-0.4, -0.2) is 55.8 Å². The van der Waals surface area contributed by atoms with Gasteiger partial charge in [-0.2, -0.15) is 4.31 Å². The molecule has 0 aliphatic carbocycles. The first-order valence-corrected chi connectivity index (χ1v) is 9.66. The molecule has 1 atom stereocenters. The van der Waals surface area contributed by atoms with Crippen molar-refractivity contribution in [3.05, 3.63) is 29.3 Å². The monoisotopic (exact) mass is 373 g/mol. The minimum atomic E-state index is -3.66. The third-order valence-electron chi connectivity index (χ3n) is 4.20. The van der Waals surface area contributed by atoms with Crippen LogP contribution in [-0.2, 0) is 14.8 Å². The van der Waals surface area contributed by atoms with Crippen LogP contribution in [0.25, 0.3) is 0 Å². The van der Waals surface area contributed by atoms with Crippen molar-refractivity contribution in [3.8, 4) is 0 Å². The Balaban J connectivity index is 2.08. The molecule has 1 heterocycles. The summed E-state index contributed by atoms with van der Waals surface area (Å²) in [7, 11) is -3.66. The van der Waals surface area contributed by atoms with Gasteiger partial charge in [0.15, 0.2) is 0 Å². The lowest BCUT2D eigenvalue weighted by atomic mass is 9.86. The zero-order chi connectivity index (χ0) is 18.1. The van der Waals surface area contributed by atoms with E-state index in [0.717, 1.165) is 0 Å². The highest BCUT2D eigenvalue weighted by molar-refractivity contribution is 7.89. The van der Waals surface area contributed by atoms with Gasteiger partial charge in [-0.3, -0.25) is 4.79 Å². The number of benzene rings is 1. The Morgan fingerprint density at radius 3 is 2.21 bits per heavy atom. The number of nitrogens with two attached hydrogens (primary N) is 1. The molecule has 1 aromatic rings. The van der Waals surface area contributed by atoms with E-state index in [4.69, 9.17) is 17.3 Å². The molecule has 0 unspecified atom stereocenters. The molecule has 0 aromatic heterocycles. The number of sulfonamides is 1. The lowest BCUT2D eigenvalue weighted by molar-refractivity contribution is -0.136. The summed E-state index contributed by atoms with van der Waals surface area (Å²) in [5, 5.41) is 0.200. The molecule has 0 radical (unpaired) electrons. The summed E-state index contributed by atoms with van der Waals surface area (Å²) in [4.78, 5) is 14.2. The minimum Gasteiger partial charge on any atom is -0.339 e. The number of carbonyl (C=O) groups excluding carboxylic acids is 1. The average molecular weight is 374 g/mol. The summed E-state index contributed by atoms with van der Waals surface area (Å²) in [5.41, 5.74) is 5.68. The molecular formula is C16H24ClN3O3S. The van der Waals surface area contributed by atoms with Gasteiger partial charge in [0.1, 0.15) is 4.90 Å². The summed E-state index contributed by atoms with van der Waals surface area (Å²) >= 11 is 6.01. The summed E-state index contributed by atoms with van der Waals surface area (Å²) < 4.78 is 26.7. The number of amides is 1. The number of rotatable bonds is 3. The standard InChI is InChI=1S/C16H24ClN3O3S/c1-16(2,3)14(18)15(21)19-8-10-20(11-9-19)24(22,23)13-7-5-4-6-12(13)17/h4-7,14H,8-11,18H2,1-3H3/t14-/m1/s1. The highest BCUT2D eigenvalue weighted by atomic mass is 35.5. The van der Waals surface area contributed by atoms with Gasteiger partial charge in [-0.25, -0.2) is 8.42 Å². The van der Waals surface area contributed by atoms with Crippen LogP contribution in [0.3, 0.4) is 0 Å². The van der Waals surface area contributed by atoms with Gasteiger partial charge in [0.2, 0.25) is 15.9 Å². The van der Waals surface area contributed by atoms with Crippen LogP contribution in [0.15, 0.2) is 29.2 Å². The smallest absolute Gasteiger partial charge is 0.244 e. The van der Waals surface area contributed by atoms with E-state index < -0.39 is 16.1 Å². The lowest BCUT2D eigenvalue weighted by Gasteiger charge is -2.37. The van der Waals surface area contributed by atoms with E-state index in [1.165, 1.54) is 10.4 Å². The van der Waals surface area contributed by atoms with Gasteiger partial charge < -0.3 is 10.6 Å². The molecule has 0 saturated carbocycles. The van der Waals surface area contributed by atoms with Gasteiger partial charge in [0, 0.05) is 26.2 Å². The topological polar surface area (TPSA) is 83.7 Å². The number of halogens is 1. The normalized spacial score (nSPS) is 18.5. The molecule has 24 heavy (non-hydrogen) atoms. The first-order valence-electron chi connectivity index (χ1n) is 7.84. The van der Waals surface area contributed by atoms with Crippen molar-refractivity contribution in [1.82, 2.24) is 9.21 Å². The van der Waals surface area contributed by atoms with E-state index in [2.05, 4.69) is 0 Å². The Bertz CT molecular complexity index is 708. The molecule has 0 spiro atoms. The molecule has 1 aliphatic heterocycles. The Kier molecular flexibility index (Phi) is 5.59. The second-order valence-corrected chi connectivity index (χ2v) is 9.32. The van der Waals surface area contributed by atoms with E-state index in [1.54, 1.807) is 23.1 Å². The third kappa shape index (κ3) is 3.91. The van der Waals surface area contributed by atoms with Crippen LogP contribution < -0.4 is 5.73 Å². The molecule has 1 aromatic carbocycles. The zero-order valence-corrected chi connectivity index (χ0v) is 15.8. The Labute approximate surface area is 148 Å². The zero-order valence-electron chi connectivity index (χ0n) is 14.2. The predicted octanol–water partition coefficient (Wildman–Crippen LogP) is 1.55. The van der Waals surface area contributed by atoms with Gasteiger partial charge in [-0.15, -0.1) is 0 Å². The summed E-state index contributed by atoms with van der Waals surface area (Å²) in [5.74, 6) is -0.141. The van der Waals surface area contributed by atoms with Gasteiger partial charge in [-0.1, -0.05) is 44.5 Å². The van der Waals surface area contributed by atoms with Crippen LogP contribution in [0.4, 0.5) is 0 Å². The van der Waals surface area contributed by atoms with Gasteiger partial charge >= 0.3 is 0 Å². The van der Waals surface area contributed by atoms with Crippen LogP contribution in [0.1, 0.15) is 20.8 Å². The van der Waals surface area contributed by atoms with Crippen molar-refractivity contribution in [3.63, 3.8) is 0 Å². The lowest BCUT2D eigenvalue weighted by Crippen LogP contribution is -2.56. The molecule has 1 fully saturated rings. The van der Waals surface area contributed by atoms with Crippen molar-refractivity contribution in [2.45, 2.75) is 31.7 Å². The molecule has 8 heteroatoms. The Hall–Kier alpha value is -1.15. The molecule has 1 aliphatic rings. The molecule has 2 N–H and O–H groups in total. The van der Waals surface area contributed by atoms with Crippen LogP contribution in [0.2, 0.25) is 5.02 Å². The van der Waals surface area contributed by atoms with E-state index in [9.17, 15) is 13.2 Å². The predicted molar refractivity (Wildman–Crippen MR) is 94.2 cm³/mol. The largest absolute Gasteiger partial charge is 0.339 e. The maximum atomic E-state index is 12.7.